The van der Waals surface area contributed by atoms with E-state index in [2.05, 4.69) is 24.5 Å². The maximum absolute atomic E-state index is 12.3. The van der Waals surface area contributed by atoms with E-state index in [0.717, 1.165) is 0 Å². The molecule has 4 nitrogen and oxygen atoms in total. The number of benzene rings is 1. The maximum atomic E-state index is 12.3. The summed E-state index contributed by atoms with van der Waals surface area (Å²) in [5.41, 5.74) is 0. The number of sulfonamides is 1. The Morgan fingerprint density at radius 1 is 1.35 bits per heavy atom. The van der Waals surface area contributed by atoms with Crippen molar-refractivity contribution in [2.75, 3.05) is 19.4 Å². The fourth-order valence-corrected chi connectivity index (χ4v) is 3.13. The van der Waals surface area contributed by atoms with Gasteiger partial charge < -0.3 is 4.74 Å². The van der Waals surface area contributed by atoms with Crippen molar-refractivity contribution in [3.8, 4) is 17.6 Å². The van der Waals surface area contributed by atoms with Gasteiger partial charge in [0.2, 0.25) is 10.0 Å². The lowest BCUT2D eigenvalue weighted by Gasteiger charge is -2.22. The Bertz CT molecular complexity index is 585. The smallest absolute Gasteiger partial charge is 0.243 e. The number of thiol groups is 1. The van der Waals surface area contributed by atoms with Crippen molar-refractivity contribution < 1.29 is 13.2 Å². The fraction of sp³-hybridized carbons (Fsp3) is 0.429. The van der Waals surface area contributed by atoms with Crippen molar-refractivity contribution in [3.05, 3.63) is 24.3 Å². The van der Waals surface area contributed by atoms with E-state index in [1.807, 2.05) is 6.92 Å². The predicted octanol–water partition coefficient (Wildman–Crippen LogP) is 2.03. The average molecular weight is 313 g/mol. The van der Waals surface area contributed by atoms with Gasteiger partial charge in [-0.15, -0.1) is 5.92 Å². The van der Waals surface area contributed by atoms with Crippen LogP contribution in [0.2, 0.25) is 0 Å². The molecule has 0 unspecified atom stereocenters. The summed E-state index contributed by atoms with van der Waals surface area (Å²) in [5.74, 6) is 6.56. The molecule has 0 spiro atoms. The minimum atomic E-state index is -3.49. The van der Waals surface area contributed by atoms with Crippen LogP contribution in [0, 0.1) is 11.8 Å². The van der Waals surface area contributed by atoms with E-state index < -0.39 is 10.0 Å². The standard InChI is InChI=1S/C14H19NO3S2/c1-4-5-10-18-13-6-8-14(9-7-13)20(16,17)15(3)12(2)11-19/h6-9,12,19H,10-11H2,1-3H3/t12-/m1/s1. The lowest BCUT2D eigenvalue weighted by molar-refractivity contribution is 0.370. The Morgan fingerprint density at radius 3 is 2.45 bits per heavy atom. The summed E-state index contributed by atoms with van der Waals surface area (Å²) in [5, 5.41) is 0. The minimum absolute atomic E-state index is 0.168. The molecule has 6 heteroatoms. The zero-order valence-corrected chi connectivity index (χ0v) is 13.5. The molecule has 0 saturated heterocycles. The monoisotopic (exact) mass is 313 g/mol. The fourth-order valence-electron chi connectivity index (χ4n) is 1.42. The largest absolute Gasteiger partial charge is 0.481 e. The van der Waals surface area contributed by atoms with Gasteiger partial charge in [0.15, 0.2) is 0 Å². The molecule has 0 N–H and O–H groups in total. The molecule has 0 amide bonds. The summed E-state index contributed by atoms with van der Waals surface area (Å²) in [6.45, 7) is 3.84. The predicted molar refractivity (Wildman–Crippen MR) is 83.7 cm³/mol. The number of rotatable bonds is 6. The van der Waals surface area contributed by atoms with Crippen LogP contribution in [-0.4, -0.2) is 38.2 Å². The highest BCUT2D eigenvalue weighted by Crippen LogP contribution is 2.20. The molecular weight excluding hydrogens is 294 g/mol. The molecule has 0 bridgehead atoms. The van der Waals surface area contributed by atoms with Crippen LogP contribution in [0.4, 0.5) is 0 Å². The van der Waals surface area contributed by atoms with Crippen molar-refractivity contribution in [2.24, 2.45) is 0 Å². The lowest BCUT2D eigenvalue weighted by atomic mass is 10.3. The van der Waals surface area contributed by atoms with Gasteiger partial charge in [0.05, 0.1) is 4.90 Å². The summed E-state index contributed by atoms with van der Waals surface area (Å²) in [6, 6.07) is 6.16. The van der Waals surface area contributed by atoms with Crippen molar-refractivity contribution in [2.45, 2.75) is 24.8 Å². The van der Waals surface area contributed by atoms with Crippen molar-refractivity contribution >= 4 is 22.7 Å². The average Bonchev–Trinajstić information content (AvgIpc) is 2.46. The van der Waals surface area contributed by atoms with E-state index in [9.17, 15) is 8.42 Å². The van der Waals surface area contributed by atoms with Gasteiger partial charge >= 0.3 is 0 Å². The molecule has 1 aromatic carbocycles. The van der Waals surface area contributed by atoms with E-state index in [1.165, 1.54) is 16.4 Å². The zero-order valence-electron chi connectivity index (χ0n) is 11.8. The third-order valence-electron chi connectivity index (χ3n) is 2.87. The molecule has 0 aromatic heterocycles. The van der Waals surface area contributed by atoms with E-state index in [4.69, 9.17) is 4.74 Å². The molecule has 1 rings (SSSR count). The Hall–Kier alpha value is -1.16. The second-order valence-electron chi connectivity index (χ2n) is 4.24. The first-order valence-corrected chi connectivity index (χ1v) is 8.22. The van der Waals surface area contributed by atoms with Crippen LogP contribution in [0.5, 0.6) is 5.75 Å². The summed E-state index contributed by atoms with van der Waals surface area (Å²) < 4.78 is 31.3. The van der Waals surface area contributed by atoms with Gasteiger partial charge in [0.25, 0.3) is 0 Å². The first-order valence-electron chi connectivity index (χ1n) is 6.14. The van der Waals surface area contributed by atoms with E-state index in [0.29, 0.717) is 18.1 Å². The van der Waals surface area contributed by atoms with Crippen LogP contribution in [0.3, 0.4) is 0 Å². The number of nitrogens with zero attached hydrogens (tertiary/aromatic N) is 1. The molecule has 0 heterocycles. The van der Waals surface area contributed by atoms with Gasteiger partial charge in [-0.1, -0.05) is 5.92 Å². The highest BCUT2D eigenvalue weighted by Gasteiger charge is 2.24. The van der Waals surface area contributed by atoms with Gasteiger partial charge in [-0.3, -0.25) is 0 Å². The second-order valence-corrected chi connectivity index (χ2v) is 6.60. The van der Waals surface area contributed by atoms with Crippen LogP contribution in [0.15, 0.2) is 29.2 Å². The Kier molecular flexibility index (Phi) is 6.40. The van der Waals surface area contributed by atoms with Crippen LogP contribution < -0.4 is 4.74 Å². The number of hydrogen-bond acceptors (Lipinski definition) is 4. The molecule has 0 aliphatic rings. The Labute approximate surface area is 126 Å². The molecule has 1 atom stereocenters. The van der Waals surface area contributed by atoms with Gasteiger partial charge in [-0.2, -0.15) is 16.9 Å². The molecule has 0 fully saturated rings. The van der Waals surface area contributed by atoms with Gasteiger partial charge in [-0.05, 0) is 38.1 Å². The first-order chi connectivity index (χ1) is 9.43. The third kappa shape index (κ3) is 4.17. The van der Waals surface area contributed by atoms with Crippen molar-refractivity contribution in [3.63, 3.8) is 0 Å². The Morgan fingerprint density at radius 2 is 1.95 bits per heavy atom. The summed E-state index contributed by atoms with van der Waals surface area (Å²) in [7, 11) is -1.94. The first kappa shape index (κ1) is 16.9. The lowest BCUT2D eigenvalue weighted by Crippen LogP contribution is -2.36. The highest BCUT2D eigenvalue weighted by atomic mass is 32.2. The topological polar surface area (TPSA) is 46.6 Å². The molecule has 1 aromatic rings. The molecule has 20 heavy (non-hydrogen) atoms. The molecule has 0 saturated carbocycles. The van der Waals surface area contributed by atoms with Crippen molar-refractivity contribution in [1.82, 2.24) is 4.31 Å². The van der Waals surface area contributed by atoms with Crippen molar-refractivity contribution in [1.29, 1.82) is 0 Å². The van der Waals surface area contributed by atoms with Gasteiger partial charge in [0.1, 0.15) is 12.4 Å². The Balaban J connectivity index is 2.88. The summed E-state index contributed by atoms with van der Waals surface area (Å²) in [6.07, 6.45) is 0. The number of hydrogen-bond donors (Lipinski definition) is 1. The quantitative estimate of drug-likeness (QED) is 0.646. The molecular formula is C14H19NO3S2. The molecule has 110 valence electrons. The molecule has 0 aliphatic heterocycles. The van der Waals surface area contributed by atoms with Crippen LogP contribution in [0.25, 0.3) is 0 Å². The number of ether oxygens (including phenoxy) is 1. The van der Waals surface area contributed by atoms with Crippen LogP contribution in [0.1, 0.15) is 13.8 Å². The molecule has 0 aliphatic carbocycles. The summed E-state index contributed by atoms with van der Waals surface area (Å²) >= 11 is 4.12. The zero-order chi connectivity index (χ0) is 15.2. The van der Waals surface area contributed by atoms with E-state index in [1.54, 1.807) is 26.1 Å². The third-order valence-corrected chi connectivity index (χ3v) is 5.39. The van der Waals surface area contributed by atoms with E-state index in [-0.39, 0.29) is 10.9 Å². The maximum Gasteiger partial charge on any atom is 0.243 e. The van der Waals surface area contributed by atoms with Gasteiger partial charge in [-0.25, -0.2) is 8.42 Å². The highest BCUT2D eigenvalue weighted by molar-refractivity contribution is 7.89. The normalized spacial score (nSPS) is 12.7. The van der Waals surface area contributed by atoms with Gasteiger partial charge in [0, 0.05) is 18.8 Å². The van der Waals surface area contributed by atoms with Crippen LogP contribution in [-0.2, 0) is 10.0 Å². The SMILES string of the molecule is CC#CCOc1ccc(S(=O)(=O)N(C)[C@H](C)CS)cc1. The molecule has 0 radical (unpaired) electrons. The van der Waals surface area contributed by atoms with E-state index >= 15 is 0 Å². The second kappa shape index (κ2) is 7.58. The van der Waals surface area contributed by atoms with Crippen LogP contribution >= 0.6 is 12.6 Å². The summed E-state index contributed by atoms with van der Waals surface area (Å²) in [4.78, 5) is 0.238. The minimum Gasteiger partial charge on any atom is -0.481 e.